The Labute approximate surface area is 143 Å². The third-order valence-corrected chi connectivity index (χ3v) is 4.49. The van der Waals surface area contributed by atoms with Crippen molar-refractivity contribution in [2.24, 2.45) is 0 Å². The second-order valence-corrected chi connectivity index (χ2v) is 6.22. The Bertz CT molecular complexity index is 710. The molecule has 1 atom stereocenters. The van der Waals surface area contributed by atoms with Crippen LogP contribution in [0.5, 0.6) is 5.75 Å². The van der Waals surface area contributed by atoms with Crippen LogP contribution in [0.1, 0.15) is 34.8 Å². The van der Waals surface area contributed by atoms with Crippen molar-refractivity contribution in [2.45, 2.75) is 32.4 Å². The molecule has 0 bridgehead atoms. The zero-order valence-electron chi connectivity index (χ0n) is 14.3. The first-order chi connectivity index (χ1) is 11.7. The predicted octanol–water partition coefficient (Wildman–Crippen LogP) is 3.41. The molecule has 0 radical (unpaired) electrons. The fourth-order valence-electron chi connectivity index (χ4n) is 2.99. The van der Waals surface area contributed by atoms with Gasteiger partial charge in [0.15, 0.2) is 5.78 Å². The molecule has 2 aromatic rings. The number of hydrogen-bond acceptors (Lipinski definition) is 4. The molecule has 0 saturated heterocycles. The average molecular weight is 324 g/mol. The highest BCUT2D eigenvalue weighted by Gasteiger charge is 2.17. The van der Waals surface area contributed by atoms with Crippen molar-refractivity contribution in [3.05, 3.63) is 59.2 Å². The maximum absolute atomic E-state index is 12.6. The van der Waals surface area contributed by atoms with Crippen molar-refractivity contribution in [3.8, 4) is 5.75 Å². The first-order valence-corrected chi connectivity index (χ1v) is 8.44. The number of aryl methyl sites for hydroxylation is 1. The van der Waals surface area contributed by atoms with E-state index in [0.717, 1.165) is 42.0 Å². The van der Waals surface area contributed by atoms with Crippen LogP contribution in [0.3, 0.4) is 0 Å². The van der Waals surface area contributed by atoms with E-state index in [1.54, 1.807) is 7.11 Å². The van der Waals surface area contributed by atoms with Crippen molar-refractivity contribution < 1.29 is 9.53 Å². The molecule has 126 valence electrons. The fraction of sp³-hybridized carbons (Fsp3) is 0.350. The number of fused-ring (bicyclic) bond motifs is 1. The molecule has 0 spiro atoms. The lowest BCUT2D eigenvalue weighted by Gasteiger charge is -2.19. The smallest absolute Gasteiger partial charge is 0.179 e. The highest BCUT2D eigenvalue weighted by Crippen LogP contribution is 2.23. The molecule has 24 heavy (non-hydrogen) atoms. The lowest BCUT2D eigenvalue weighted by atomic mass is 9.97. The third kappa shape index (κ3) is 3.77. The van der Waals surface area contributed by atoms with Crippen molar-refractivity contribution in [1.29, 1.82) is 0 Å². The van der Waals surface area contributed by atoms with Gasteiger partial charge in [-0.15, -0.1) is 0 Å². The number of ketones is 1. The normalized spacial score (nSPS) is 14.4. The molecule has 4 heteroatoms. The number of benzene rings is 2. The summed E-state index contributed by atoms with van der Waals surface area (Å²) in [4.78, 5) is 12.6. The van der Waals surface area contributed by atoms with E-state index in [0.29, 0.717) is 6.54 Å². The molecule has 1 unspecified atom stereocenters. The van der Waals surface area contributed by atoms with Gasteiger partial charge in [0.1, 0.15) is 5.75 Å². The van der Waals surface area contributed by atoms with Gasteiger partial charge in [-0.1, -0.05) is 12.1 Å². The van der Waals surface area contributed by atoms with Gasteiger partial charge in [0.05, 0.1) is 13.2 Å². The highest BCUT2D eigenvalue weighted by atomic mass is 16.5. The molecule has 1 heterocycles. The van der Waals surface area contributed by atoms with Crippen LogP contribution >= 0.6 is 0 Å². The summed E-state index contributed by atoms with van der Waals surface area (Å²) in [5.74, 6) is 0.974. The number of carbonyl (C=O) groups is 1. The minimum atomic E-state index is -0.221. The lowest BCUT2D eigenvalue weighted by molar-refractivity contribution is 0.0950. The Balaban J connectivity index is 1.61. The summed E-state index contributed by atoms with van der Waals surface area (Å²) in [7, 11) is 1.65. The summed E-state index contributed by atoms with van der Waals surface area (Å²) in [6, 6.07) is 13.6. The predicted molar refractivity (Wildman–Crippen MR) is 96.9 cm³/mol. The molecule has 2 aromatic carbocycles. The summed E-state index contributed by atoms with van der Waals surface area (Å²) in [5, 5.41) is 6.69. The van der Waals surface area contributed by atoms with Crippen LogP contribution < -0.4 is 15.4 Å². The van der Waals surface area contributed by atoms with Gasteiger partial charge in [0, 0.05) is 24.3 Å². The van der Waals surface area contributed by atoms with Gasteiger partial charge in [-0.2, -0.15) is 0 Å². The highest BCUT2D eigenvalue weighted by molar-refractivity contribution is 6.00. The molecule has 1 aliphatic heterocycles. The maximum Gasteiger partial charge on any atom is 0.179 e. The Morgan fingerprint density at radius 1 is 1.25 bits per heavy atom. The van der Waals surface area contributed by atoms with E-state index in [2.05, 4.69) is 10.6 Å². The molecule has 0 aliphatic carbocycles. The fourth-order valence-corrected chi connectivity index (χ4v) is 2.99. The van der Waals surface area contributed by atoms with Crippen molar-refractivity contribution >= 4 is 11.5 Å². The monoisotopic (exact) mass is 324 g/mol. The van der Waals surface area contributed by atoms with E-state index >= 15 is 0 Å². The van der Waals surface area contributed by atoms with E-state index in [-0.39, 0.29) is 11.8 Å². The SMILES string of the molecule is COc1ccc(CNC(C)C(=O)c2ccc3c(c2)CCCN3)cc1. The molecule has 0 fully saturated rings. The van der Waals surface area contributed by atoms with E-state index in [1.165, 1.54) is 5.56 Å². The lowest BCUT2D eigenvalue weighted by Crippen LogP contribution is -2.33. The first-order valence-electron chi connectivity index (χ1n) is 8.44. The van der Waals surface area contributed by atoms with Gasteiger partial charge in [0.2, 0.25) is 0 Å². The zero-order chi connectivity index (χ0) is 16.9. The Morgan fingerprint density at radius 2 is 2.04 bits per heavy atom. The van der Waals surface area contributed by atoms with Crippen molar-refractivity contribution in [2.75, 3.05) is 19.0 Å². The second-order valence-electron chi connectivity index (χ2n) is 6.22. The molecule has 0 aromatic heterocycles. The Kier molecular flexibility index (Phi) is 5.16. The summed E-state index contributed by atoms with van der Waals surface area (Å²) in [6.45, 7) is 3.59. The van der Waals surface area contributed by atoms with Gasteiger partial charge in [-0.05, 0) is 61.2 Å². The molecule has 2 N–H and O–H groups in total. The number of hydrogen-bond donors (Lipinski definition) is 2. The summed E-state index contributed by atoms with van der Waals surface area (Å²) in [6.07, 6.45) is 2.16. The van der Waals surface area contributed by atoms with Crippen LogP contribution in [-0.2, 0) is 13.0 Å². The summed E-state index contributed by atoms with van der Waals surface area (Å²) < 4.78 is 5.16. The van der Waals surface area contributed by atoms with E-state index in [4.69, 9.17) is 4.74 Å². The Hall–Kier alpha value is -2.33. The van der Waals surface area contributed by atoms with Gasteiger partial charge in [0.25, 0.3) is 0 Å². The van der Waals surface area contributed by atoms with Gasteiger partial charge in [-0.25, -0.2) is 0 Å². The number of Topliss-reactive ketones (excluding diaryl/α,β-unsaturated/α-hetero) is 1. The number of rotatable bonds is 6. The van der Waals surface area contributed by atoms with Gasteiger partial charge >= 0.3 is 0 Å². The van der Waals surface area contributed by atoms with E-state index in [9.17, 15) is 4.79 Å². The standard InChI is InChI=1S/C20H24N2O2/c1-14(22-13-15-5-8-18(24-2)9-6-15)20(23)17-7-10-19-16(12-17)4-3-11-21-19/h5-10,12,14,21-22H,3-4,11,13H2,1-2H3. The zero-order valence-corrected chi connectivity index (χ0v) is 14.3. The minimum absolute atomic E-state index is 0.136. The number of anilines is 1. The molecule has 4 nitrogen and oxygen atoms in total. The average Bonchev–Trinajstić information content (AvgIpc) is 2.65. The van der Waals surface area contributed by atoms with Crippen molar-refractivity contribution in [3.63, 3.8) is 0 Å². The molecule has 0 amide bonds. The summed E-state index contributed by atoms with van der Waals surface area (Å²) >= 11 is 0. The molecule has 1 aliphatic rings. The van der Waals surface area contributed by atoms with Crippen LogP contribution in [0, 0.1) is 0 Å². The number of methoxy groups -OCH3 is 1. The third-order valence-electron chi connectivity index (χ3n) is 4.49. The van der Waals surface area contributed by atoms with Crippen LogP contribution in [-0.4, -0.2) is 25.5 Å². The molecular formula is C20H24N2O2. The molecular weight excluding hydrogens is 300 g/mol. The topological polar surface area (TPSA) is 50.4 Å². The van der Waals surface area contributed by atoms with Gasteiger partial charge < -0.3 is 15.4 Å². The van der Waals surface area contributed by atoms with Gasteiger partial charge in [-0.3, -0.25) is 4.79 Å². The second kappa shape index (κ2) is 7.49. The minimum Gasteiger partial charge on any atom is -0.497 e. The Morgan fingerprint density at radius 3 is 2.79 bits per heavy atom. The van der Waals surface area contributed by atoms with Crippen molar-refractivity contribution in [1.82, 2.24) is 5.32 Å². The molecule has 0 saturated carbocycles. The first kappa shape index (κ1) is 16.5. The largest absolute Gasteiger partial charge is 0.497 e. The van der Waals surface area contributed by atoms with Crippen LogP contribution in [0.15, 0.2) is 42.5 Å². The number of ether oxygens (including phenoxy) is 1. The van der Waals surface area contributed by atoms with Crippen LogP contribution in [0.25, 0.3) is 0 Å². The van der Waals surface area contributed by atoms with Crippen LogP contribution in [0.4, 0.5) is 5.69 Å². The number of carbonyl (C=O) groups excluding carboxylic acids is 1. The quantitative estimate of drug-likeness (QED) is 0.800. The van der Waals surface area contributed by atoms with Crippen LogP contribution in [0.2, 0.25) is 0 Å². The number of nitrogens with one attached hydrogen (secondary N) is 2. The maximum atomic E-state index is 12.6. The molecule has 3 rings (SSSR count). The van der Waals surface area contributed by atoms with E-state index < -0.39 is 0 Å². The van der Waals surface area contributed by atoms with E-state index in [1.807, 2.05) is 49.4 Å². The summed E-state index contributed by atoms with van der Waals surface area (Å²) in [5.41, 5.74) is 4.32.